The van der Waals surface area contributed by atoms with Crippen LogP contribution in [0.2, 0.25) is 0 Å². The molecule has 1 aliphatic heterocycles. The fourth-order valence-corrected chi connectivity index (χ4v) is 3.25. The quantitative estimate of drug-likeness (QED) is 0.732. The Morgan fingerprint density at radius 1 is 0.833 bits per heavy atom. The third-order valence-corrected chi connectivity index (χ3v) is 4.40. The minimum atomic E-state index is -0.536. The minimum absolute atomic E-state index is 0.264. The van der Waals surface area contributed by atoms with Gasteiger partial charge in [0.1, 0.15) is 5.75 Å². The van der Waals surface area contributed by atoms with Crippen LogP contribution < -0.4 is 4.74 Å². The molecule has 1 N–H and O–H groups in total. The Morgan fingerprint density at radius 3 is 2.12 bits per heavy atom. The first-order chi connectivity index (χ1) is 11.7. The van der Waals surface area contributed by atoms with E-state index in [0.717, 1.165) is 28.0 Å². The van der Waals surface area contributed by atoms with Gasteiger partial charge in [-0.1, -0.05) is 78.4 Å². The Balaban J connectivity index is 1.85. The van der Waals surface area contributed by atoms with Crippen molar-refractivity contribution in [3.8, 4) is 5.75 Å². The summed E-state index contributed by atoms with van der Waals surface area (Å²) in [5.74, 6) is 0.814. The summed E-state index contributed by atoms with van der Waals surface area (Å²) in [6, 6.07) is 25.7. The second-order valence-electron chi connectivity index (χ2n) is 6.12. The molecular weight excluding hydrogens is 298 g/mol. The van der Waals surface area contributed by atoms with Gasteiger partial charge in [0, 0.05) is 11.1 Å². The van der Waals surface area contributed by atoms with Crippen LogP contribution in [0, 0.1) is 6.92 Å². The van der Waals surface area contributed by atoms with Crippen molar-refractivity contribution in [1.82, 2.24) is 5.06 Å². The van der Waals surface area contributed by atoms with Crippen molar-refractivity contribution in [3.63, 3.8) is 0 Å². The van der Waals surface area contributed by atoms with Gasteiger partial charge in [0.2, 0.25) is 6.23 Å². The molecule has 24 heavy (non-hydrogen) atoms. The van der Waals surface area contributed by atoms with Crippen LogP contribution in [-0.2, 0) is 0 Å². The SMILES string of the molecule is Cc1ccc2c(c1)C(c1ccccc1)N(O)C(c1ccccc1)O2. The van der Waals surface area contributed by atoms with Crippen molar-refractivity contribution in [1.29, 1.82) is 0 Å². The smallest absolute Gasteiger partial charge is 0.201 e. The Hall–Kier alpha value is -2.62. The molecule has 0 aliphatic carbocycles. The van der Waals surface area contributed by atoms with E-state index in [-0.39, 0.29) is 6.04 Å². The fraction of sp³-hybridized carbons (Fsp3) is 0.143. The third-order valence-electron chi connectivity index (χ3n) is 4.40. The molecular formula is C21H19NO2. The van der Waals surface area contributed by atoms with Crippen LogP contribution in [0.3, 0.4) is 0 Å². The molecule has 3 aromatic carbocycles. The lowest BCUT2D eigenvalue weighted by atomic mass is 9.94. The summed E-state index contributed by atoms with van der Waals surface area (Å²) in [6.07, 6.45) is -0.536. The summed E-state index contributed by atoms with van der Waals surface area (Å²) in [7, 11) is 0. The number of rotatable bonds is 2. The number of ether oxygens (including phenoxy) is 1. The second kappa shape index (κ2) is 6.11. The van der Waals surface area contributed by atoms with E-state index >= 15 is 0 Å². The predicted molar refractivity (Wildman–Crippen MR) is 92.9 cm³/mol. The van der Waals surface area contributed by atoms with Crippen molar-refractivity contribution in [2.75, 3.05) is 0 Å². The van der Waals surface area contributed by atoms with Crippen LogP contribution in [-0.4, -0.2) is 10.3 Å². The monoisotopic (exact) mass is 317 g/mol. The summed E-state index contributed by atoms with van der Waals surface area (Å²) in [5.41, 5.74) is 4.09. The Bertz CT molecular complexity index is 833. The first kappa shape index (κ1) is 14.9. The first-order valence-corrected chi connectivity index (χ1v) is 8.08. The van der Waals surface area contributed by atoms with Crippen LogP contribution in [0.4, 0.5) is 0 Å². The molecule has 120 valence electrons. The van der Waals surface area contributed by atoms with Gasteiger partial charge in [-0.2, -0.15) is 0 Å². The van der Waals surface area contributed by atoms with Crippen molar-refractivity contribution in [3.05, 3.63) is 101 Å². The third kappa shape index (κ3) is 2.58. The van der Waals surface area contributed by atoms with Gasteiger partial charge in [-0.05, 0) is 18.6 Å². The van der Waals surface area contributed by atoms with Crippen molar-refractivity contribution < 1.29 is 9.94 Å². The molecule has 0 fully saturated rings. The van der Waals surface area contributed by atoms with E-state index in [0.29, 0.717) is 0 Å². The molecule has 0 saturated heterocycles. The standard InChI is InChI=1S/C21H19NO2/c1-15-12-13-19-18(14-15)20(16-8-4-2-5-9-16)22(23)21(24-19)17-10-6-3-7-11-17/h2-14,20-21,23H,1H3. The molecule has 2 atom stereocenters. The molecule has 2 unspecified atom stereocenters. The molecule has 1 heterocycles. The Morgan fingerprint density at radius 2 is 1.46 bits per heavy atom. The molecule has 0 spiro atoms. The zero-order valence-electron chi connectivity index (χ0n) is 13.5. The topological polar surface area (TPSA) is 32.7 Å². The lowest BCUT2D eigenvalue weighted by Gasteiger charge is -2.39. The Labute approximate surface area is 141 Å². The van der Waals surface area contributed by atoms with Crippen LogP contribution in [0.1, 0.15) is 34.5 Å². The molecule has 0 radical (unpaired) electrons. The second-order valence-corrected chi connectivity index (χ2v) is 6.12. The Kier molecular flexibility index (Phi) is 3.81. The van der Waals surface area contributed by atoms with E-state index in [1.807, 2.05) is 79.7 Å². The first-order valence-electron chi connectivity index (χ1n) is 8.08. The molecule has 3 heteroatoms. The highest BCUT2D eigenvalue weighted by atomic mass is 16.6. The van der Waals surface area contributed by atoms with Gasteiger partial charge in [0.25, 0.3) is 0 Å². The summed E-state index contributed by atoms with van der Waals surface area (Å²) in [4.78, 5) is 0. The molecule has 1 aliphatic rings. The molecule has 0 saturated carbocycles. The van der Waals surface area contributed by atoms with Gasteiger partial charge >= 0.3 is 0 Å². The lowest BCUT2D eigenvalue weighted by Crippen LogP contribution is -2.38. The highest BCUT2D eigenvalue weighted by molar-refractivity contribution is 5.45. The largest absolute Gasteiger partial charge is 0.468 e. The van der Waals surface area contributed by atoms with Gasteiger partial charge in [-0.15, -0.1) is 5.06 Å². The van der Waals surface area contributed by atoms with Gasteiger partial charge < -0.3 is 9.94 Å². The maximum atomic E-state index is 11.0. The lowest BCUT2D eigenvalue weighted by molar-refractivity contribution is -0.220. The normalized spacial score (nSPS) is 20.2. The van der Waals surface area contributed by atoms with E-state index in [9.17, 15) is 5.21 Å². The zero-order chi connectivity index (χ0) is 16.5. The number of hydrogen-bond acceptors (Lipinski definition) is 3. The number of hydroxylamine groups is 2. The maximum Gasteiger partial charge on any atom is 0.201 e. The van der Waals surface area contributed by atoms with Gasteiger partial charge in [-0.25, -0.2) is 0 Å². The van der Waals surface area contributed by atoms with Crippen molar-refractivity contribution >= 4 is 0 Å². The summed E-state index contributed by atoms with van der Waals surface area (Å²) in [5, 5.41) is 12.3. The van der Waals surface area contributed by atoms with Crippen LogP contribution >= 0.6 is 0 Å². The predicted octanol–water partition coefficient (Wildman–Crippen LogP) is 4.87. The minimum Gasteiger partial charge on any atom is -0.468 e. The molecule has 3 aromatic rings. The number of hydrogen-bond donors (Lipinski definition) is 1. The summed E-state index contributed by atoms with van der Waals surface area (Å²) in [6.45, 7) is 2.05. The van der Waals surface area contributed by atoms with Gasteiger partial charge in [0.15, 0.2) is 0 Å². The molecule has 3 nitrogen and oxygen atoms in total. The van der Waals surface area contributed by atoms with Gasteiger partial charge in [-0.3, -0.25) is 0 Å². The van der Waals surface area contributed by atoms with Crippen LogP contribution in [0.15, 0.2) is 78.9 Å². The average Bonchev–Trinajstić information content (AvgIpc) is 2.63. The van der Waals surface area contributed by atoms with E-state index in [2.05, 4.69) is 6.07 Å². The average molecular weight is 317 g/mol. The highest BCUT2D eigenvalue weighted by Gasteiger charge is 2.37. The van der Waals surface area contributed by atoms with Crippen LogP contribution in [0.25, 0.3) is 0 Å². The zero-order valence-corrected chi connectivity index (χ0v) is 13.5. The van der Waals surface area contributed by atoms with Crippen molar-refractivity contribution in [2.45, 2.75) is 19.2 Å². The molecule has 0 amide bonds. The maximum absolute atomic E-state index is 11.0. The number of nitrogens with zero attached hydrogens (tertiary/aromatic N) is 1. The fourth-order valence-electron chi connectivity index (χ4n) is 3.25. The van der Waals surface area contributed by atoms with E-state index in [1.54, 1.807) is 0 Å². The highest BCUT2D eigenvalue weighted by Crippen LogP contribution is 2.44. The van der Waals surface area contributed by atoms with Crippen LogP contribution in [0.5, 0.6) is 5.75 Å². The number of benzene rings is 3. The summed E-state index contributed by atoms with van der Waals surface area (Å²) >= 11 is 0. The number of fused-ring (bicyclic) bond motifs is 1. The van der Waals surface area contributed by atoms with E-state index in [4.69, 9.17) is 4.74 Å². The number of aryl methyl sites for hydroxylation is 1. The molecule has 0 aromatic heterocycles. The molecule has 0 bridgehead atoms. The molecule has 4 rings (SSSR count). The van der Waals surface area contributed by atoms with Crippen molar-refractivity contribution in [2.24, 2.45) is 0 Å². The van der Waals surface area contributed by atoms with E-state index in [1.165, 1.54) is 5.06 Å². The van der Waals surface area contributed by atoms with Gasteiger partial charge in [0.05, 0.1) is 6.04 Å². The summed E-state index contributed by atoms with van der Waals surface area (Å²) < 4.78 is 6.11. The van der Waals surface area contributed by atoms with E-state index < -0.39 is 6.23 Å².